The highest BCUT2D eigenvalue weighted by atomic mass is 32.2. The molecule has 0 aliphatic carbocycles. The molecule has 0 spiro atoms. The van der Waals surface area contributed by atoms with E-state index in [1.807, 2.05) is 0 Å². The van der Waals surface area contributed by atoms with Gasteiger partial charge < -0.3 is 29.1 Å². The van der Waals surface area contributed by atoms with Crippen LogP contribution < -0.4 is 9.80 Å². The molecule has 142 valence electrons. The number of hydrogen-bond donors (Lipinski definition) is 2. The molecule has 0 radical (unpaired) electrons. The maximum absolute atomic E-state index is 11.7. The molecule has 2 fully saturated rings. The first kappa shape index (κ1) is 19.0. The highest BCUT2D eigenvalue weighted by Gasteiger charge is 2.32. The van der Waals surface area contributed by atoms with Gasteiger partial charge in [0.05, 0.1) is 26.2 Å². The van der Waals surface area contributed by atoms with Crippen molar-refractivity contribution in [2.24, 2.45) is 0 Å². The number of carboxylic acid groups (broad SMARTS) is 2. The Morgan fingerprint density at radius 3 is 1.35 bits per heavy atom. The highest BCUT2D eigenvalue weighted by molar-refractivity contribution is 7.91. The van der Waals surface area contributed by atoms with Gasteiger partial charge in [0.15, 0.2) is 23.0 Å². The lowest BCUT2D eigenvalue weighted by molar-refractivity contribution is 0.0672. The van der Waals surface area contributed by atoms with Crippen LogP contribution >= 0.6 is 0 Å². The van der Waals surface area contributed by atoms with E-state index in [2.05, 4.69) is 9.97 Å². The van der Waals surface area contributed by atoms with Gasteiger partial charge in [0.1, 0.15) is 23.0 Å². The summed E-state index contributed by atoms with van der Waals surface area (Å²) in [6.07, 6.45) is 0. The van der Waals surface area contributed by atoms with Gasteiger partial charge in [-0.3, -0.25) is 0 Å². The largest absolute Gasteiger partial charge is 0.616 e. The molecule has 1 aromatic heterocycles. The second kappa shape index (κ2) is 7.86. The lowest BCUT2D eigenvalue weighted by Crippen LogP contribution is -2.43. The average Bonchev–Trinajstić information content (AvgIpc) is 2.62. The van der Waals surface area contributed by atoms with E-state index < -0.39 is 34.3 Å². The third-order valence-electron chi connectivity index (χ3n) is 4.22. The van der Waals surface area contributed by atoms with Crippen molar-refractivity contribution in [3.8, 4) is 0 Å². The lowest BCUT2D eigenvalue weighted by Gasteiger charge is -2.32. The summed E-state index contributed by atoms with van der Waals surface area (Å²) in [6.45, 7) is 1.29. The topological polar surface area (TPSA) is 153 Å². The van der Waals surface area contributed by atoms with Crippen LogP contribution in [0.1, 0.15) is 21.0 Å². The Morgan fingerprint density at radius 1 is 0.769 bits per heavy atom. The normalized spacial score (nSPS) is 19.6. The Balaban J connectivity index is 2.01. The van der Waals surface area contributed by atoms with Gasteiger partial charge in [-0.05, 0) is 0 Å². The summed E-state index contributed by atoms with van der Waals surface area (Å²) in [5.41, 5.74) is -0.659. The molecule has 2 saturated heterocycles. The van der Waals surface area contributed by atoms with Crippen molar-refractivity contribution in [3.63, 3.8) is 0 Å². The summed E-state index contributed by atoms with van der Waals surface area (Å²) >= 11 is -1.94. The number of anilines is 2. The Bertz CT molecular complexity index is 645. The molecule has 2 aliphatic rings. The quantitative estimate of drug-likeness (QED) is 0.600. The summed E-state index contributed by atoms with van der Waals surface area (Å²) in [5.74, 6) is -1.19. The van der Waals surface area contributed by atoms with Gasteiger partial charge in [0, 0.05) is 0 Å². The number of rotatable bonds is 4. The van der Waals surface area contributed by atoms with E-state index in [9.17, 15) is 28.9 Å². The Kier molecular flexibility index (Phi) is 5.75. The molecular weight excluding hydrogens is 384 g/mol. The molecule has 0 atom stereocenters. The van der Waals surface area contributed by atoms with E-state index in [0.29, 0.717) is 49.2 Å². The Morgan fingerprint density at radius 2 is 1.08 bits per heavy atom. The van der Waals surface area contributed by atoms with Crippen LogP contribution in [0.3, 0.4) is 0 Å². The van der Waals surface area contributed by atoms with Crippen molar-refractivity contribution >= 4 is 45.9 Å². The molecule has 3 heterocycles. The molecule has 0 aromatic carbocycles. The zero-order valence-electron chi connectivity index (χ0n) is 13.8. The molecule has 10 nitrogen and oxygen atoms in total. The fraction of sp³-hybridized carbons (Fsp3) is 0.571. The van der Waals surface area contributed by atoms with Crippen molar-refractivity contribution < 1.29 is 28.9 Å². The minimum absolute atomic E-state index is 0.0177. The van der Waals surface area contributed by atoms with Gasteiger partial charge in [-0.25, -0.2) is 19.6 Å². The van der Waals surface area contributed by atoms with E-state index in [4.69, 9.17) is 0 Å². The molecule has 3 rings (SSSR count). The predicted octanol–water partition coefficient (Wildman–Crippen LogP) is -0.990. The van der Waals surface area contributed by atoms with Crippen LogP contribution in [0, 0.1) is 0 Å². The van der Waals surface area contributed by atoms with Gasteiger partial charge in [-0.1, -0.05) is 22.4 Å². The minimum Gasteiger partial charge on any atom is -0.616 e. The SMILES string of the molecule is O=C(O)c1nc(N2CC[S+]([O-])CC2)c(C(=O)O)nc1N1CC[S+]([O-])CC1. The number of hydrogen-bond acceptors (Lipinski definition) is 8. The number of carbonyl (C=O) groups is 2. The van der Waals surface area contributed by atoms with Crippen LogP contribution in [0.25, 0.3) is 0 Å². The zero-order chi connectivity index (χ0) is 18.8. The zero-order valence-corrected chi connectivity index (χ0v) is 15.4. The Labute approximate surface area is 155 Å². The lowest BCUT2D eigenvalue weighted by atomic mass is 10.3. The van der Waals surface area contributed by atoms with Crippen LogP contribution in [0.2, 0.25) is 0 Å². The highest BCUT2D eigenvalue weighted by Crippen LogP contribution is 2.26. The first-order valence-electron chi connectivity index (χ1n) is 7.95. The molecule has 1 aromatic rings. The van der Waals surface area contributed by atoms with Gasteiger partial charge in [-0.15, -0.1) is 0 Å². The van der Waals surface area contributed by atoms with Crippen LogP contribution in [-0.4, -0.2) is 90.4 Å². The third kappa shape index (κ3) is 3.98. The Hall–Kier alpha value is -1.76. The summed E-state index contributed by atoms with van der Waals surface area (Å²) < 4.78 is 23.1. The fourth-order valence-electron chi connectivity index (χ4n) is 2.84. The molecule has 2 aliphatic heterocycles. The second-order valence-corrected chi connectivity index (χ2v) is 9.24. The molecular formula is C14H18N4O6S2. The summed E-state index contributed by atoms with van der Waals surface area (Å²) in [6, 6.07) is 0. The van der Waals surface area contributed by atoms with Crippen LogP contribution in [0.5, 0.6) is 0 Å². The first-order chi connectivity index (χ1) is 12.4. The molecule has 12 heteroatoms. The fourth-order valence-corrected chi connectivity index (χ4v) is 4.95. The van der Waals surface area contributed by atoms with E-state index in [-0.39, 0.29) is 23.0 Å². The molecule has 0 bridgehead atoms. The van der Waals surface area contributed by atoms with Gasteiger partial charge in [0.2, 0.25) is 0 Å². The summed E-state index contributed by atoms with van der Waals surface area (Å²) in [7, 11) is 0. The monoisotopic (exact) mass is 402 g/mol. The van der Waals surface area contributed by atoms with Crippen molar-refractivity contribution in [2.75, 3.05) is 59.0 Å². The van der Waals surface area contributed by atoms with E-state index in [1.54, 1.807) is 9.80 Å². The van der Waals surface area contributed by atoms with Gasteiger partial charge >= 0.3 is 11.9 Å². The molecule has 0 unspecified atom stereocenters. The maximum Gasteiger partial charge on any atom is 0.358 e. The van der Waals surface area contributed by atoms with E-state index in [1.165, 1.54) is 0 Å². The van der Waals surface area contributed by atoms with Crippen LogP contribution in [0.4, 0.5) is 11.6 Å². The number of aromatic nitrogens is 2. The summed E-state index contributed by atoms with van der Waals surface area (Å²) in [4.78, 5) is 34.8. The molecule has 0 amide bonds. The second-order valence-electron chi connectivity index (χ2n) is 5.85. The van der Waals surface area contributed by atoms with Crippen molar-refractivity contribution in [1.29, 1.82) is 0 Å². The van der Waals surface area contributed by atoms with Crippen LogP contribution in [0.15, 0.2) is 0 Å². The smallest absolute Gasteiger partial charge is 0.358 e. The third-order valence-corrected chi connectivity index (χ3v) is 6.77. The standard InChI is InChI=1S/C14H18N4O6S2/c19-13(20)9-11(17-1-5-25(23)6-2-17)15-10(14(21)22)12(16-9)18-3-7-26(24)8-4-18/h1-8H2,(H,19,20)(H,21,22). The molecule has 26 heavy (non-hydrogen) atoms. The number of carboxylic acids is 2. The first-order valence-corrected chi connectivity index (χ1v) is 10.9. The van der Waals surface area contributed by atoms with Gasteiger partial charge in [-0.2, -0.15) is 0 Å². The van der Waals surface area contributed by atoms with Crippen LogP contribution in [-0.2, 0) is 22.4 Å². The van der Waals surface area contributed by atoms with Crippen molar-refractivity contribution in [3.05, 3.63) is 11.4 Å². The average molecular weight is 402 g/mol. The molecule has 2 N–H and O–H groups in total. The van der Waals surface area contributed by atoms with E-state index >= 15 is 0 Å². The van der Waals surface area contributed by atoms with Gasteiger partial charge in [0.25, 0.3) is 0 Å². The van der Waals surface area contributed by atoms with Crippen molar-refractivity contribution in [2.45, 2.75) is 0 Å². The molecule has 0 saturated carbocycles. The van der Waals surface area contributed by atoms with Crippen molar-refractivity contribution in [1.82, 2.24) is 9.97 Å². The summed E-state index contributed by atoms with van der Waals surface area (Å²) in [5, 5.41) is 19.1. The minimum atomic E-state index is -1.31. The number of nitrogens with zero attached hydrogens (tertiary/aromatic N) is 4. The number of aromatic carboxylic acids is 2. The maximum atomic E-state index is 11.7. The predicted molar refractivity (Wildman–Crippen MR) is 96.1 cm³/mol. The van der Waals surface area contributed by atoms with E-state index in [0.717, 1.165) is 0 Å².